The first-order chi connectivity index (χ1) is 12.3. The van der Waals surface area contributed by atoms with E-state index in [9.17, 15) is 19.2 Å². The number of hydrogen-bond donors (Lipinski definition) is 2. The van der Waals surface area contributed by atoms with Crippen LogP contribution in [-0.2, 0) is 9.59 Å². The number of para-hydroxylation sites is 1. The number of carbonyl (C=O) groups is 2. The highest BCUT2D eigenvalue weighted by Gasteiger charge is 2.18. The smallest absolute Gasteiger partial charge is 0.262 e. The highest BCUT2D eigenvalue weighted by atomic mass is 19.1. The van der Waals surface area contributed by atoms with Crippen LogP contribution in [0.2, 0.25) is 0 Å². The van der Waals surface area contributed by atoms with E-state index in [4.69, 9.17) is 5.73 Å². The van der Waals surface area contributed by atoms with E-state index in [0.29, 0.717) is 16.9 Å². The van der Waals surface area contributed by atoms with E-state index >= 15 is 0 Å². The molecule has 1 atom stereocenters. The zero-order valence-corrected chi connectivity index (χ0v) is 14.7. The summed E-state index contributed by atoms with van der Waals surface area (Å²) < 4.78 is 15.8. The molecule has 0 saturated heterocycles. The predicted molar refractivity (Wildman–Crippen MR) is 95.6 cm³/mol. The quantitative estimate of drug-likeness (QED) is 0.635. The topological polar surface area (TPSA) is 101 Å². The summed E-state index contributed by atoms with van der Waals surface area (Å²) in [4.78, 5) is 23.2. The fourth-order valence-corrected chi connectivity index (χ4v) is 2.59. The van der Waals surface area contributed by atoms with E-state index in [0.717, 1.165) is 5.69 Å². The molecular weight excluding hydrogens is 335 g/mol. The van der Waals surface area contributed by atoms with Gasteiger partial charge in [-0.3, -0.25) is 9.59 Å². The molecule has 2 rings (SSSR count). The van der Waals surface area contributed by atoms with Gasteiger partial charge in [-0.15, -0.1) is 0 Å². The summed E-state index contributed by atoms with van der Waals surface area (Å²) in [6.45, 7) is 5.00. The Balaban J connectivity index is 2.43. The number of rotatable bonds is 5. The molecule has 0 aliphatic rings. The molecule has 3 N–H and O–H groups in total. The number of carbonyl (C=O) groups excluding carboxylic acids is 2. The summed E-state index contributed by atoms with van der Waals surface area (Å²) in [7, 11) is 0. The number of aromatic nitrogens is 1. The Morgan fingerprint density at radius 1 is 1.35 bits per heavy atom. The minimum absolute atomic E-state index is 0.174. The van der Waals surface area contributed by atoms with Crippen molar-refractivity contribution in [1.82, 2.24) is 9.88 Å². The van der Waals surface area contributed by atoms with Gasteiger partial charge >= 0.3 is 0 Å². The minimum Gasteiger partial charge on any atom is -0.368 e. The van der Waals surface area contributed by atoms with E-state index < -0.39 is 17.9 Å². The molecule has 7 heteroatoms. The number of amides is 2. The second-order valence-corrected chi connectivity index (χ2v) is 5.88. The molecule has 6 nitrogen and oxygen atoms in total. The van der Waals surface area contributed by atoms with Crippen molar-refractivity contribution in [2.75, 3.05) is 0 Å². The van der Waals surface area contributed by atoms with E-state index in [1.165, 1.54) is 19.1 Å². The molecule has 1 aromatic heterocycles. The van der Waals surface area contributed by atoms with Crippen LogP contribution in [0.15, 0.2) is 35.9 Å². The molecular formula is C19H19FN4O2. The number of primary amides is 1. The van der Waals surface area contributed by atoms with Gasteiger partial charge in [-0.25, -0.2) is 4.39 Å². The standard InChI is InChI=1S/C19H19FN4O2/c1-11-8-14(9-15(10-21)19(26)23-12(2)18(22)25)13(3)24(11)17-7-5-4-6-16(17)20/h4-9,12H,1-3H3,(H2,22,25)(H,23,26)/b15-9+. The summed E-state index contributed by atoms with van der Waals surface area (Å²) in [6.07, 6.45) is 1.41. The Labute approximate surface area is 150 Å². The molecule has 0 radical (unpaired) electrons. The highest BCUT2D eigenvalue weighted by molar-refractivity contribution is 6.03. The molecule has 0 saturated carbocycles. The molecule has 0 aliphatic heterocycles. The van der Waals surface area contributed by atoms with Crippen LogP contribution in [-0.4, -0.2) is 22.4 Å². The molecule has 2 amide bonds. The van der Waals surface area contributed by atoms with Crippen molar-refractivity contribution in [1.29, 1.82) is 5.26 Å². The molecule has 1 aromatic carbocycles. The normalized spacial score (nSPS) is 12.3. The van der Waals surface area contributed by atoms with Crippen molar-refractivity contribution < 1.29 is 14.0 Å². The first-order valence-corrected chi connectivity index (χ1v) is 7.92. The third-order valence-electron chi connectivity index (χ3n) is 4.00. The Kier molecular flexibility index (Phi) is 5.58. The highest BCUT2D eigenvalue weighted by Crippen LogP contribution is 2.24. The second-order valence-electron chi connectivity index (χ2n) is 5.88. The summed E-state index contributed by atoms with van der Waals surface area (Å²) in [5, 5.41) is 11.6. The number of nitriles is 1. The van der Waals surface area contributed by atoms with Crippen molar-refractivity contribution >= 4 is 17.9 Å². The van der Waals surface area contributed by atoms with Gasteiger partial charge in [-0.05, 0) is 50.6 Å². The van der Waals surface area contributed by atoms with Crippen LogP contribution >= 0.6 is 0 Å². The van der Waals surface area contributed by atoms with Gasteiger partial charge in [0.15, 0.2) is 0 Å². The van der Waals surface area contributed by atoms with Gasteiger partial charge in [0.2, 0.25) is 5.91 Å². The fraction of sp³-hybridized carbons (Fsp3) is 0.211. The maximum absolute atomic E-state index is 14.1. The molecule has 0 aliphatic carbocycles. The number of halogens is 1. The van der Waals surface area contributed by atoms with Crippen LogP contribution in [0.3, 0.4) is 0 Å². The molecule has 0 fully saturated rings. The Morgan fingerprint density at radius 2 is 2.00 bits per heavy atom. The number of nitrogens with two attached hydrogens (primary N) is 1. The van der Waals surface area contributed by atoms with E-state index in [2.05, 4.69) is 5.32 Å². The van der Waals surface area contributed by atoms with Crippen LogP contribution in [0, 0.1) is 31.0 Å². The van der Waals surface area contributed by atoms with Crippen molar-refractivity contribution in [3.05, 3.63) is 58.7 Å². The Hall–Kier alpha value is -3.40. The van der Waals surface area contributed by atoms with Gasteiger partial charge in [-0.1, -0.05) is 12.1 Å². The first-order valence-electron chi connectivity index (χ1n) is 7.92. The minimum atomic E-state index is -0.898. The first kappa shape index (κ1) is 18.9. The lowest BCUT2D eigenvalue weighted by molar-refractivity contribution is -0.124. The van der Waals surface area contributed by atoms with Crippen LogP contribution in [0.5, 0.6) is 0 Å². The van der Waals surface area contributed by atoms with E-state index in [-0.39, 0.29) is 11.4 Å². The van der Waals surface area contributed by atoms with E-state index in [1.54, 1.807) is 42.7 Å². The SMILES string of the molecule is Cc1cc(/C=C(\C#N)C(=O)NC(C)C(N)=O)c(C)n1-c1ccccc1F. The van der Waals surface area contributed by atoms with Gasteiger partial charge < -0.3 is 15.6 Å². The number of aryl methyl sites for hydroxylation is 1. The zero-order valence-electron chi connectivity index (χ0n) is 14.7. The van der Waals surface area contributed by atoms with Gasteiger partial charge in [0.1, 0.15) is 23.5 Å². The molecule has 0 spiro atoms. The average molecular weight is 354 g/mol. The Morgan fingerprint density at radius 3 is 2.58 bits per heavy atom. The lowest BCUT2D eigenvalue weighted by atomic mass is 10.1. The third-order valence-corrected chi connectivity index (χ3v) is 4.00. The van der Waals surface area contributed by atoms with Crippen molar-refractivity contribution in [3.8, 4) is 11.8 Å². The molecule has 26 heavy (non-hydrogen) atoms. The maximum Gasteiger partial charge on any atom is 0.262 e. The van der Waals surface area contributed by atoms with Gasteiger partial charge in [-0.2, -0.15) is 5.26 Å². The fourth-order valence-electron chi connectivity index (χ4n) is 2.59. The largest absolute Gasteiger partial charge is 0.368 e. The Bertz CT molecular complexity index is 938. The van der Waals surface area contributed by atoms with Crippen molar-refractivity contribution in [2.45, 2.75) is 26.8 Å². The zero-order chi connectivity index (χ0) is 19.4. The number of nitrogens with zero attached hydrogens (tertiary/aromatic N) is 2. The molecule has 134 valence electrons. The lowest BCUT2D eigenvalue weighted by Crippen LogP contribution is -2.42. The summed E-state index contributed by atoms with van der Waals surface area (Å²) >= 11 is 0. The van der Waals surface area contributed by atoms with Gasteiger partial charge in [0, 0.05) is 11.4 Å². The van der Waals surface area contributed by atoms with Crippen molar-refractivity contribution in [3.63, 3.8) is 0 Å². The third kappa shape index (κ3) is 3.81. The monoisotopic (exact) mass is 354 g/mol. The second kappa shape index (κ2) is 7.66. The van der Waals surface area contributed by atoms with Crippen molar-refractivity contribution in [2.24, 2.45) is 5.73 Å². The lowest BCUT2D eigenvalue weighted by Gasteiger charge is -2.11. The number of hydrogen-bond acceptors (Lipinski definition) is 3. The maximum atomic E-state index is 14.1. The van der Waals surface area contributed by atoms with Crippen LogP contribution in [0.4, 0.5) is 4.39 Å². The average Bonchev–Trinajstić information content (AvgIpc) is 2.86. The van der Waals surface area contributed by atoms with Crippen LogP contribution < -0.4 is 11.1 Å². The van der Waals surface area contributed by atoms with Gasteiger partial charge in [0.05, 0.1) is 5.69 Å². The van der Waals surface area contributed by atoms with Crippen LogP contribution in [0.1, 0.15) is 23.9 Å². The summed E-state index contributed by atoms with van der Waals surface area (Å²) in [5.41, 5.74) is 7.35. The molecule has 0 bridgehead atoms. The summed E-state index contributed by atoms with van der Waals surface area (Å²) in [5.74, 6) is -1.78. The molecule has 1 heterocycles. The summed E-state index contributed by atoms with van der Waals surface area (Å²) in [6, 6.07) is 9.01. The molecule has 2 aromatic rings. The van der Waals surface area contributed by atoms with E-state index in [1.807, 2.05) is 6.07 Å². The number of nitrogens with one attached hydrogen (secondary N) is 1. The predicted octanol–water partition coefficient (Wildman–Crippen LogP) is 2.13. The number of benzene rings is 1. The molecule has 1 unspecified atom stereocenters. The van der Waals surface area contributed by atoms with Gasteiger partial charge in [0.25, 0.3) is 5.91 Å². The van der Waals surface area contributed by atoms with Crippen LogP contribution in [0.25, 0.3) is 11.8 Å².